The lowest BCUT2D eigenvalue weighted by Crippen LogP contribution is -2.28. The molecule has 1 aromatic rings. The number of allylic oxidation sites excluding steroid dienone is 1. The highest BCUT2D eigenvalue weighted by molar-refractivity contribution is 5.04. The number of hydrogen-bond acceptors (Lipinski definition) is 3. The quantitative estimate of drug-likeness (QED) is 0.306. The molecule has 0 radical (unpaired) electrons. The molecule has 3 N–H and O–H groups in total. The predicted molar refractivity (Wildman–Crippen MR) is 66.6 cm³/mol. The maximum Gasteiger partial charge on any atom is 0.0807 e. The summed E-state index contributed by atoms with van der Waals surface area (Å²) < 4.78 is 1.80. The van der Waals surface area contributed by atoms with Crippen molar-refractivity contribution in [1.82, 2.24) is 15.2 Å². The van der Waals surface area contributed by atoms with E-state index in [-0.39, 0.29) is 6.04 Å². The van der Waals surface area contributed by atoms with Gasteiger partial charge in [0.15, 0.2) is 0 Å². The third kappa shape index (κ3) is 4.16. The minimum Gasteiger partial charge on any atom is -0.275 e. The van der Waals surface area contributed by atoms with Crippen LogP contribution >= 0.6 is 0 Å². The van der Waals surface area contributed by atoms with Crippen molar-refractivity contribution in [3.8, 4) is 0 Å². The third-order valence-corrected chi connectivity index (χ3v) is 2.69. The summed E-state index contributed by atoms with van der Waals surface area (Å²) in [6, 6.07) is 2.18. The molecule has 1 unspecified atom stereocenters. The van der Waals surface area contributed by atoms with E-state index in [9.17, 15) is 0 Å². The molecular formula is C12H22N4. The van der Waals surface area contributed by atoms with Crippen molar-refractivity contribution < 1.29 is 0 Å². The zero-order valence-electron chi connectivity index (χ0n) is 10.0. The molecule has 0 bridgehead atoms. The van der Waals surface area contributed by atoms with E-state index in [0.29, 0.717) is 0 Å². The first-order valence-electron chi connectivity index (χ1n) is 5.84. The Labute approximate surface area is 97.5 Å². The summed E-state index contributed by atoms with van der Waals surface area (Å²) in [7, 11) is 1.92. The largest absolute Gasteiger partial charge is 0.275 e. The zero-order chi connectivity index (χ0) is 11.8. The van der Waals surface area contributed by atoms with E-state index >= 15 is 0 Å². The number of unbranched alkanes of at least 4 members (excludes halogenated alkanes) is 3. The van der Waals surface area contributed by atoms with Gasteiger partial charge < -0.3 is 0 Å². The van der Waals surface area contributed by atoms with Gasteiger partial charge in [0.1, 0.15) is 0 Å². The van der Waals surface area contributed by atoms with Gasteiger partial charge in [0.2, 0.25) is 0 Å². The Hall–Kier alpha value is -1.13. The molecule has 0 amide bonds. The van der Waals surface area contributed by atoms with Crippen LogP contribution in [-0.2, 0) is 7.05 Å². The van der Waals surface area contributed by atoms with Gasteiger partial charge in [-0.3, -0.25) is 16.0 Å². The fourth-order valence-corrected chi connectivity index (χ4v) is 1.75. The van der Waals surface area contributed by atoms with Crippen LogP contribution in [0.3, 0.4) is 0 Å². The molecule has 0 aromatic carbocycles. The molecule has 16 heavy (non-hydrogen) atoms. The number of aryl methyl sites for hydroxylation is 1. The lowest BCUT2D eigenvalue weighted by atomic mass is 10.1. The van der Waals surface area contributed by atoms with E-state index in [0.717, 1.165) is 18.5 Å². The Morgan fingerprint density at radius 3 is 2.94 bits per heavy atom. The number of nitrogens with two attached hydrogens (primary N) is 1. The van der Waals surface area contributed by atoms with Gasteiger partial charge in [0, 0.05) is 13.2 Å². The van der Waals surface area contributed by atoms with Crippen LogP contribution in [0.5, 0.6) is 0 Å². The van der Waals surface area contributed by atoms with Crippen molar-refractivity contribution in [2.24, 2.45) is 12.9 Å². The Balaban J connectivity index is 2.29. The van der Waals surface area contributed by atoms with E-state index in [2.05, 4.69) is 17.1 Å². The molecule has 1 rings (SSSR count). The summed E-state index contributed by atoms with van der Waals surface area (Å²) in [6.45, 7) is 3.71. The Morgan fingerprint density at radius 1 is 1.56 bits per heavy atom. The number of aromatic nitrogens is 2. The molecule has 0 fully saturated rings. The van der Waals surface area contributed by atoms with Gasteiger partial charge >= 0.3 is 0 Å². The number of nitrogens with one attached hydrogen (secondary N) is 1. The van der Waals surface area contributed by atoms with Gasteiger partial charge in [-0.2, -0.15) is 5.10 Å². The van der Waals surface area contributed by atoms with Gasteiger partial charge in [0.05, 0.1) is 11.7 Å². The van der Waals surface area contributed by atoms with Crippen LogP contribution in [0, 0.1) is 0 Å². The molecule has 90 valence electrons. The smallest absolute Gasteiger partial charge is 0.0807 e. The second-order valence-electron chi connectivity index (χ2n) is 4.06. The van der Waals surface area contributed by atoms with Crippen LogP contribution in [0.15, 0.2) is 24.9 Å². The Bertz CT molecular complexity index is 306. The molecule has 4 heteroatoms. The third-order valence-electron chi connectivity index (χ3n) is 2.69. The van der Waals surface area contributed by atoms with Crippen LogP contribution in [0.2, 0.25) is 0 Å². The van der Waals surface area contributed by atoms with Crippen LogP contribution in [0.1, 0.15) is 43.8 Å². The molecule has 0 aliphatic heterocycles. The van der Waals surface area contributed by atoms with Crippen LogP contribution < -0.4 is 11.3 Å². The van der Waals surface area contributed by atoms with Crippen LogP contribution in [-0.4, -0.2) is 9.78 Å². The summed E-state index contributed by atoms with van der Waals surface area (Å²) in [5.41, 5.74) is 3.85. The lowest BCUT2D eigenvalue weighted by molar-refractivity contribution is 0.469. The summed E-state index contributed by atoms with van der Waals surface area (Å²) in [6.07, 6.45) is 9.64. The van der Waals surface area contributed by atoms with Crippen molar-refractivity contribution >= 4 is 0 Å². The average Bonchev–Trinajstić information content (AvgIpc) is 2.70. The van der Waals surface area contributed by atoms with E-state index in [4.69, 9.17) is 5.84 Å². The highest BCUT2D eigenvalue weighted by Crippen LogP contribution is 2.17. The first-order valence-corrected chi connectivity index (χ1v) is 5.84. The number of rotatable bonds is 8. The first-order chi connectivity index (χ1) is 7.77. The van der Waals surface area contributed by atoms with Crippen molar-refractivity contribution in [3.05, 3.63) is 30.6 Å². The molecule has 0 aliphatic rings. The van der Waals surface area contributed by atoms with Gasteiger partial charge in [-0.15, -0.1) is 6.58 Å². The van der Waals surface area contributed by atoms with E-state index < -0.39 is 0 Å². The summed E-state index contributed by atoms with van der Waals surface area (Å²) in [5, 5.41) is 4.35. The minimum absolute atomic E-state index is 0.171. The normalized spacial score (nSPS) is 12.6. The fourth-order valence-electron chi connectivity index (χ4n) is 1.75. The van der Waals surface area contributed by atoms with Crippen molar-refractivity contribution in [2.45, 2.75) is 38.1 Å². The highest BCUT2D eigenvalue weighted by atomic mass is 15.3. The summed E-state index contributed by atoms with van der Waals surface area (Å²) in [4.78, 5) is 0. The van der Waals surface area contributed by atoms with Crippen molar-refractivity contribution in [1.29, 1.82) is 0 Å². The predicted octanol–water partition coefficient (Wildman–Crippen LogP) is 2.06. The topological polar surface area (TPSA) is 55.9 Å². The van der Waals surface area contributed by atoms with Crippen LogP contribution in [0.4, 0.5) is 0 Å². The van der Waals surface area contributed by atoms with Crippen LogP contribution in [0.25, 0.3) is 0 Å². The molecule has 1 atom stereocenters. The first kappa shape index (κ1) is 12.9. The maximum absolute atomic E-state index is 5.54. The molecule has 0 saturated carbocycles. The molecule has 1 aromatic heterocycles. The highest BCUT2D eigenvalue weighted by Gasteiger charge is 2.11. The summed E-state index contributed by atoms with van der Waals surface area (Å²) >= 11 is 0. The van der Waals surface area contributed by atoms with Gasteiger partial charge in [-0.25, -0.2) is 0 Å². The molecule has 0 aliphatic carbocycles. The van der Waals surface area contributed by atoms with Gasteiger partial charge in [-0.1, -0.05) is 18.9 Å². The van der Waals surface area contributed by atoms with Gasteiger partial charge in [0.25, 0.3) is 0 Å². The fraction of sp³-hybridized carbons (Fsp3) is 0.583. The lowest BCUT2D eigenvalue weighted by Gasteiger charge is -2.12. The molecule has 0 saturated heterocycles. The molecule has 0 spiro atoms. The molecule has 1 heterocycles. The average molecular weight is 222 g/mol. The standard InChI is InChI=1S/C12H22N4/c1-3-4-5-6-7-8-11(14-13)12-9-10-16(2)15-12/h3,9-11,14H,1,4-8,13H2,2H3. The van der Waals surface area contributed by atoms with E-state index in [1.54, 1.807) is 4.68 Å². The zero-order valence-corrected chi connectivity index (χ0v) is 10.0. The van der Waals surface area contributed by atoms with Crippen molar-refractivity contribution in [2.75, 3.05) is 0 Å². The number of hydrogen-bond donors (Lipinski definition) is 2. The van der Waals surface area contributed by atoms with E-state index in [1.807, 2.05) is 25.4 Å². The Kier molecular flexibility index (Phi) is 5.82. The minimum atomic E-state index is 0.171. The van der Waals surface area contributed by atoms with Gasteiger partial charge in [-0.05, 0) is 25.3 Å². The summed E-state index contributed by atoms with van der Waals surface area (Å²) in [5.74, 6) is 5.54. The maximum atomic E-state index is 5.54. The monoisotopic (exact) mass is 222 g/mol. The molecular weight excluding hydrogens is 200 g/mol. The SMILES string of the molecule is C=CCCCCCC(NN)c1ccn(C)n1. The number of hydrazine groups is 1. The second kappa shape index (κ2) is 7.19. The second-order valence-corrected chi connectivity index (χ2v) is 4.06. The van der Waals surface area contributed by atoms with E-state index in [1.165, 1.54) is 19.3 Å². The number of nitrogens with zero attached hydrogens (tertiary/aromatic N) is 2. The Morgan fingerprint density at radius 2 is 2.38 bits per heavy atom. The molecule has 4 nitrogen and oxygen atoms in total. The van der Waals surface area contributed by atoms with Crippen molar-refractivity contribution in [3.63, 3.8) is 0 Å².